The quantitative estimate of drug-likeness (QED) is 0.510. The molecule has 0 radical (unpaired) electrons. The Balaban J connectivity index is 1.44. The van der Waals surface area contributed by atoms with Gasteiger partial charge >= 0.3 is 12.1 Å². The van der Waals surface area contributed by atoms with Gasteiger partial charge < -0.3 is 20.5 Å². The molecule has 2 aliphatic rings. The van der Waals surface area contributed by atoms with Gasteiger partial charge in [-0.15, -0.1) is 0 Å². The minimum Gasteiger partial charge on any atom is -0.480 e. The fourth-order valence-corrected chi connectivity index (χ4v) is 4.97. The summed E-state index contributed by atoms with van der Waals surface area (Å²) >= 11 is 0. The maximum absolute atomic E-state index is 13.2. The number of alkyl carbamates (subject to hydrolysis) is 1. The molecule has 2 aliphatic carbocycles. The van der Waals surface area contributed by atoms with E-state index in [9.17, 15) is 19.5 Å². The van der Waals surface area contributed by atoms with Crippen LogP contribution in [-0.4, -0.2) is 41.3 Å². The van der Waals surface area contributed by atoms with Gasteiger partial charge in [-0.2, -0.15) is 0 Å². The number of ether oxygens (including phenoxy) is 1. The number of aliphatic carboxylic acids is 1. The third-order valence-corrected chi connectivity index (χ3v) is 6.99. The lowest BCUT2D eigenvalue weighted by atomic mass is 9.87. The molecule has 1 saturated carbocycles. The molecule has 0 aliphatic heterocycles. The fraction of sp³-hybridized carbons (Fsp3) is 0.464. The highest BCUT2D eigenvalue weighted by molar-refractivity contribution is 5.93. The van der Waals surface area contributed by atoms with Gasteiger partial charge in [-0.3, -0.25) is 4.79 Å². The number of nitrogens with one attached hydrogen (secondary N) is 2. The van der Waals surface area contributed by atoms with Crippen molar-refractivity contribution < 1.29 is 24.2 Å². The third kappa shape index (κ3) is 5.34. The van der Waals surface area contributed by atoms with Crippen molar-refractivity contribution in [2.24, 2.45) is 11.3 Å². The van der Waals surface area contributed by atoms with E-state index < -0.39 is 29.6 Å². The van der Waals surface area contributed by atoms with E-state index in [1.807, 2.05) is 57.2 Å². The van der Waals surface area contributed by atoms with Crippen LogP contribution in [0.1, 0.15) is 64.0 Å². The van der Waals surface area contributed by atoms with Crippen LogP contribution < -0.4 is 10.6 Å². The van der Waals surface area contributed by atoms with Crippen LogP contribution >= 0.6 is 0 Å². The smallest absolute Gasteiger partial charge is 0.408 e. The minimum atomic E-state index is -1.24. The zero-order valence-electron chi connectivity index (χ0n) is 20.8. The van der Waals surface area contributed by atoms with Crippen LogP contribution in [0.5, 0.6) is 0 Å². The van der Waals surface area contributed by atoms with Gasteiger partial charge in [-0.05, 0) is 59.8 Å². The highest BCUT2D eigenvalue weighted by atomic mass is 16.5. The molecule has 0 spiro atoms. The molecule has 2 atom stereocenters. The summed E-state index contributed by atoms with van der Waals surface area (Å²) in [6.45, 7) is 7.56. The number of carboxylic acids is 1. The van der Waals surface area contributed by atoms with Crippen molar-refractivity contribution in [1.29, 1.82) is 0 Å². The molecule has 0 saturated heterocycles. The van der Waals surface area contributed by atoms with Crippen molar-refractivity contribution >= 4 is 18.0 Å². The Labute approximate surface area is 206 Å². The number of hydrogen-bond donors (Lipinski definition) is 3. The third-order valence-electron chi connectivity index (χ3n) is 6.99. The number of fused-ring (bicyclic) bond motifs is 3. The van der Waals surface area contributed by atoms with Crippen LogP contribution in [0.4, 0.5) is 4.79 Å². The number of amides is 2. The lowest BCUT2D eigenvalue weighted by Gasteiger charge is -2.32. The molecule has 2 aromatic rings. The molecule has 3 N–H and O–H groups in total. The first-order valence-corrected chi connectivity index (χ1v) is 12.2. The Morgan fingerprint density at radius 1 is 0.971 bits per heavy atom. The summed E-state index contributed by atoms with van der Waals surface area (Å²) < 4.78 is 5.65. The molecule has 2 aromatic carbocycles. The number of carbonyl (C=O) groups excluding carboxylic acids is 2. The van der Waals surface area contributed by atoms with Crippen LogP contribution in [-0.2, 0) is 14.3 Å². The number of carbonyl (C=O) groups is 3. The van der Waals surface area contributed by atoms with Gasteiger partial charge in [-0.25, -0.2) is 9.59 Å². The second-order valence-electron chi connectivity index (χ2n) is 11.1. The molecular formula is C28H34N2O5. The van der Waals surface area contributed by atoms with Crippen molar-refractivity contribution in [2.45, 2.75) is 64.5 Å². The Kier molecular flexibility index (Phi) is 6.62. The normalized spacial score (nSPS) is 17.5. The van der Waals surface area contributed by atoms with E-state index in [0.29, 0.717) is 0 Å². The molecule has 0 bridgehead atoms. The predicted molar refractivity (Wildman–Crippen MR) is 133 cm³/mol. The van der Waals surface area contributed by atoms with Gasteiger partial charge in [0.2, 0.25) is 5.91 Å². The summed E-state index contributed by atoms with van der Waals surface area (Å²) in [5, 5.41) is 15.0. The number of rotatable bonds is 8. The van der Waals surface area contributed by atoms with Gasteiger partial charge in [0, 0.05) is 5.92 Å². The highest BCUT2D eigenvalue weighted by Crippen LogP contribution is 2.44. The van der Waals surface area contributed by atoms with E-state index >= 15 is 0 Å². The SMILES string of the molecule is CC(C)(C)CC(NC(=O)C(C)(NC(=O)OCC1c2ccccc2-c2ccccc21)C1CC1)C(=O)O. The second kappa shape index (κ2) is 9.36. The monoisotopic (exact) mass is 478 g/mol. The molecule has 186 valence electrons. The van der Waals surface area contributed by atoms with Crippen molar-refractivity contribution in [3.8, 4) is 11.1 Å². The summed E-state index contributed by atoms with van der Waals surface area (Å²) in [7, 11) is 0. The standard InChI is InChI=1S/C28H34N2O5/c1-27(2,3)15-23(24(31)32)29-25(33)28(4,17-13-14-17)30-26(34)35-16-22-20-11-7-5-9-18(20)19-10-6-8-12-21(19)22/h5-12,17,22-23H,13-16H2,1-4H3,(H,29,33)(H,30,34)(H,31,32). The Morgan fingerprint density at radius 3 is 2.00 bits per heavy atom. The Hall–Kier alpha value is -3.35. The molecule has 35 heavy (non-hydrogen) atoms. The van der Waals surface area contributed by atoms with E-state index in [-0.39, 0.29) is 30.3 Å². The maximum atomic E-state index is 13.2. The number of benzene rings is 2. The van der Waals surface area contributed by atoms with E-state index in [0.717, 1.165) is 35.1 Å². The first kappa shape index (κ1) is 24.8. The molecule has 2 amide bonds. The molecule has 0 aromatic heterocycles. The first-order chi connectivity index (χ1) is 16.5. The summed E-state index contributed by atoms with van der Waals surface area (Å²) in [4.78, 5) is 37.9. The average Bonchev–Trinajstić information content (AvgIpc) is 3.60. The fourth-order valence-electron chi connectivity index (χ4n) is 4.97. The van der Waals surface area contributed by atoms with Gasteiger partial charge in [0.15, 0.2) is 0 Å². The molecule has 0 heterocycles. The molecule has 7 nitrogen and oxygen atoms in total. The summed E-state index contributed by atoms with van der Waals surface area (Å²) in [5.74, 6) is -1.73. The summed E-state index contributed by atoms with van der Waals surface area (Å²) in [5.41, 5.74) is 2.96. The van der Waals surface area contributed by atoms with Crippen LogP contribution in [0.15, 0.2) is 48.5 Å². The van der Waals surface area contributed by atoms with Crippen molar-refractivity contribution in [2.75, 3.05) is 6.61 Å². The van der Waals surface area contributed by atoms with E-state index in [2.05, 4.69) is 22.8 Å². The van der Waals surface area contributed by atoms with Crippen LogP contribution in [0, 0.1) is 11.3 Å². The zero-order valence-corrected chi connectivity index (χ0v) is 20.8. The number of carboxylic acid groups (broad SMARTS) is 1. The largest absolute Gasteiger partial charge is 0.480 e. The molecule has 7 heteroatoms. The molecule has 2 unspecified atom stereocenters. The second-order valence-corrected chi connectivity index (χ2v) is 11.1. The highest BCUT2D eigenvalue weighted by Gasteiger charge is 2.49. The predicted octanol–water partition coefficient (Wildman–Crippen LogP) is 4.70. The first-order valence-electron chi connectivity index (χ1n) is 12.2. The van der Waals surface area contributed by atoms with Crippen LogP contribution in [0.2, 0.25) is 0 Å². The average molecular weight is 479 g/mol. The summed E-state index contributed by atoms with van der Waals surface area (Å²) in [6, 6.07) is 15.1. The van der Waals surface area contributed by atoms with Crippen molar-refractivity contribution in [3.63, 3.8) is 0 Å². The lowest BCUT2D eigenvalue weighted by Crippen LogP contribution is -2.61. The topological polar surface area (TPSA) is 105 Å². The lowest BCUT2D eigenvalue weighted by molar-refractivity contribution is -0.143. The van der Waals surface area contributed by atoms with Gasteiger partial charge in [0.1, 0.15) is 18.2 Å². The molecular weight excluding hydrogens is 444 g/mol. The molecule has 1 fully saturated rings. The maximum Gasteiger partial charge on any atom is 0.408 e. The van der Waals surface area contributed by atoms with E-state index in [4.69, 9.17) is 4.74 Å². The number of hydrogen-bond acceptors (Lipinski definition) is 4. The van der Waals surface area contributed by atoms with Gasteiger partial charge in [0.25, 0.3) is 0 Å². The van der Waals surface area contributed by atoms with Gasteiger partial charge in [-0.1, -0.05) is 69.3 Å². The van der Waals surface area contributed by atoms with E-state index in [1.165, 1.54) is 0 Å². The van der Waals surface area contributed by atoms with E-state index in [1.54, 1.807) is 6.92 Å². The minimum absolute atomic E-state index is 0.0629. The van der Waals surface area contributed by atoms with Crippen molar-refractivity contribution in [3.05, 3.63) is 59.7 Å². The van der Waals surface area contributed by atoms with Crippen LogP contribution in [0.3, 0.4) is 0 Å². The Bertz CT molecular complexity index is 1090. The zero-order chi connectivity index (χ0) is 25.4. The van der Waals surface area contributed by atoms with Gasteiger partial charge in [0.05, 0.1) is 0 Å². The Morgan fingerprint density at radius 2 is 1.51 bits per heavy atom. The molecule has 4 rings (SSSR count). The van der Waals surface area contributed by atoms with Crippen LogP contribution in [0.25, 0.3) is 11.1 Å². The van der Waals surface area contributed by atoms with Crippen molar-refractivity contribution in [1.82, 2.24) is 10.6 Å². The summed E-state index contributed by atoms with van der Waals surface area (Å²) in [6.07, 6.45) is 1.16.